The fourth-order valence-electron chi connectivity index (χ4n) is 1.50. The number of hydrogen-bond acceptors (Lipinski definition) is 3. The van der Waals surface area contributed by atoms with E-state index in [0.717, 1.165) is 17.2 Å². The van der Waals surface area contributed by atoms with Crippen LogP contribution < -0.4 is 0 Å². The van der Waals surface area contributed by atoms with Crippen LogP contribution in [0.3, 0.4) is 0 Å². The van der Waals surface area contributed by atoms with Gasteiger partial charge in [-0.05, 0) is 12.1 Å². The molecule has 0 aliphatic heterocycles. The van der Waals surface area contributed by atoms with E-state index in [9.17, 15) is 0 Å². The summed E-state index contributed by atoms with van der Waals surface area (Å²) in [5, 5.41) is 8.83. The number of aliphatic hydroxyl groups excluding tert-OH is 1. The lowest BCUT2D eigenvalue weighted by Crippen LogP contribution is -1.92. The maximum Gasteiger partial charge on any atom is 0.158 e. The third kappa shape index (κ3) is 2.05. The molecule has 0 aromatic carbocycles. The van der Waals surface area contributed by atoms with Gasteiger partial charge in [-0.2, -0.15) is 0 Å². The second-order valence-corrected chi connectivity index (χ2v) is 3.36. The Morgan fingerprint density at radius 2 is 2.27 bits per heavy atom. The van der Waals surface area contributed by atoms with Crippen LogP contribution in [0.4, 0.5) is 0 Å². The van der Waals surface area contributed by atoms with Gasteiger partial charge < -0.3 is 9.67 Å². The summed E-state index contributed by atoms with van der Waals surface area (Å²) in [5.41, 5.74) is 1.74. The van der Waals surface area contributed by atoms with Crippen molar-refractivity contribution in [1.29, 1.82) is 0 Å². The second-order valence-electron chi connectivity index (χ2n) is 3.36. The molecule has 4 nitrogen and oxygen atoms in total. The third-order valence-corrected chi connectivity index (χ3v) is 2.19. The fraction of sp³-hybridized carbons (Fsp3) is 0.273. The van der Waals surface area contributed by atoms with E-state index >= 15 is 0 Å². The monoisotopic (exact) mass is 203 g/mol. The average molecular weight is 203 g/mol. The SMILES string of the molecule is Cn1cc(CCO)nc1-c1ccccn1. The van der Waals surface area contributed by atoms with Crippen molar-refractivity contribution >= 4 is 0 Å². The van der Waals surface area contributed by atoms with E-state index in [4.69, 9.17) is 5.11 Å². The van der Waals surface area contributed by atoms with E-state index in [1.165, 1.54) is 0 Å². The van der Waals surface area contributed by atoms with E-state index in [1.54, 1.807) is 6.20 Å². The molecule has 0 aliphatic carbocycles. The number of aliphatic hydroxyl groups is 1. The van der Waals surface area contributed by atoms with Gasteiger partial charge in [-0.15, -0.1) is 0 Å². The van der Waals surface area contributed by atoms with Gasteiger partial charge in [0.15, 0.2) is 5.82 Å². The zero-order valence-corrected chi connectivity index (χ0v) is 8.59. The number of rotatable bonds is 3. The average Bonchev–Trinajstić information content (AvgIpc) is 2.61. The maximum atomic E-state index is 8.83. The van der Waals surface area contributed by atoms with Crippen LogP contribution in [0, 0.1) is 0 Å². The molecule has 0 spiro atoms. The highest BCUT2D eigenvalue weighted by molar-refractivity contribution is 5.49. The van der Waals surface area contributed by atoms with Crippen LogP contribution in [0.5, 0.6) is 0 Å². The Balaban J connectivity index is 2.36. The predicted molar refractivity (Wildman–Crippen MR) is 57.2 cm³/mol. The molecular weight excluding hydrogens is 190 g/mol. The summed E-state index contributed by atoms with van der Waals surface area (Å²) in [4.78, 5) is 8.65. The highest BCUT2D eigenvalue weighted by Gasteiger charge is 2.07. The molecule has 2 heterocycles. The second kappa shape index (κ2) is 4.23. The van der Waals surface area contributed by atoms with Gasteiger partial charge in [0.25, 0.3) is 0 Å². The van der Waals surface area contributed by atoms with Gasteiger partial charge in [0.1, 0.15) is 5.69 Å². The number of imidazole rings is 1. The summed E-state index contributed by atoms with van der Waals surface area (Å²) in [6.45, 7) is 0.124. The number of aryl methyl sites for hydroxylation is 1. The van der Waals surface area contributed by atoms with Crippen LogP contribution in [0.25, 0.3) is 11.5 Å². The van der Waals surface area contributed by atoms with Gasteiger partial charge in [0.05, 0.1) is 5.69 Å². The van der Waals surface area contributed by atoms with E-state index in [0.29, 0.717) is 6.42 Å². The summed E-state index contributed by atoms with van der Waals surface area (Å²) >= 11 is 0. The minimum absolute atomic E-state index is 0.124. The van der Waals surface area contributed by atoms with Crippen molar-refractivity contribution in [2.75, 3.05) is 6.61 Å². The molecule has 0 saturated heterocycles. The molecule has 0 bridgehead atoms. The molecule has 0 fully saturated rings. The van der Waals surface area contributed by atoms with Crippen molar-refractivity contribution in [2.24, 2.45) is 7.05 Å². The molecule has 0 unspecified atom stereocenters. The minimum atomic E-state index is 0.124. The Morgan fingerprint density at radius 1 is 1.40 bits per heavy atom. The Hall–Kier alpha value is -1.68. The van der Waals surface area contributed by atoms with Crippen LogP contribution in [0.2, 0.25) is 0 Å². The van der Waals surface area contributed by atoms with E-state index in [-0.39, 0.29) is 6.61 Å². The maximum absolute atomic E-state index is 8.83. The van der Waals surface area contributed by atoms with Crippen LogP contribution in [-0.2, 0) is 13.5 Å². The Bertz CT molecular complexity index is 436. The molecule has 2 aromatic heterocycles. The zero-order chi connectivity index (χ0) is 10.7. The van der Waals surface area contributed by atoms with Gasteiger partial charge >= 0.3 is 0 Å². The molecular formula is C11H13N3O. The van der Waals surface area contributed by atoms with Crippen LogP contribution in [0.1, 0.15) is 5.69 Å². The van der Waals surface area contributed by atoms with Crippen molar-refractivity contribution < 1.29 is 5.11 Å². The van der Waals surface area contributed by atoms with Gasteiger partial charge in [-0.1, -0.05) is 6.07 Å². The highest BCUT2D eigenvalue weighted by Crippen LogP contribution is 2.14. The number of aromatic nitrogens is 3. The molecule has 2 rings (SSSR count). The largest absolute Gasteiger partial charge is 0.396 e. The molecule has 0 radical (unpaired) electrons. The van der Waals surface area contributed by atoms with Crippen molar-refractivity contribution in [3.05, 3.63) is 36.3 Å². The molecule has 0 amide bonds. The van der Waals surface area contributed by atoms with Crippen LogP contribution >= 0.6 is 0 Å². The summed E-state index contributed by atoms with van der Waals surface area (Å²) in [5.74, 6) is 0.832. The normalized spacial score (nSPS) is 10.5. The Kier molecular flexibility index (Phi) is 2.78. The lowest BCUT2D eigenvalue weighted by Gasteiger charge is -1.98. The van der Waals surface area contributed by atoms with Gasteiger partial charge in [-0.25, -0.2) is 4.98 Å². The molecule has 4 heteroatoms. The topological polar surface area (TPSA) is 50.9 Å². The lowest BCUT2D eigenvalue weighted by atomic mass is 10.3. The van der Waals surface area contributed by atoms with E-state index in [1.807, 2.05) is 36.0 Å². The van der Waals surface area contributed by atoms with Gasteiger partial charge in [0.2, 0.25) is 0 Å². The molecule has 0 saturated carbocycles. The Morgan fingerprint density at radius 3 is 2.93 bits per heavy atom. The van der Waals surface area contributed by atoms with Gasteiger partial charge in [0, 0.05) is 32.5 Å². The predicted octanol–water partition coefficient (Wildman–Crippen LogP) is 1.02. The van der Waals surface area contributed by atoms with Crippen molar-refractivity contribution in [3.8, 4) is 11.5 Å². The van der Waals surface area contributed by atoms with Crippen molar-refractivity contribution in [2.45, 2.75) is 6.42 Å². The third-order valence-electron chi connectivity index (χ3n) is 2.19. The van der Waals surface area contributed by atoms with Crippen LogP contribution in [0.15, 0.2) is 30.6 Å². The summed E-state index contributed by atoms with van der Waals surface area (Å²) in [6.07, 6.45) is 4.25. The van der Waals surface area contributed by atoms with E-state index in [2.05, 4.69) is 9.97 Å². The Labute approximate surface area is 88.2 Å². The summed E-state index contributed by atoms with van der Waals surface area (Å²) in [6, 6.07) is 5.73. The quantitative estimate of drug-likeness (QED) is 0.810. The fourth-order valence-corrected chi connectivity index (χ4v) is 1.50. The first-order valence-corrected chi connectivity index (χ1v) is 4.86. The first kappa shape index (κ1) is 9.86. The molecule has 1 N–H and O–H groups in total. The van der Waals surface area contributed by atoms with Crippen molar-refractivity contribution in [1.82, 2.24) is 14.5 Å². The van der Waals surface area contributed by atoms with Gasteiger partial charge in [-0.3, -0.25) is 4.98 Å². The molecule has 0 aliphatic rings. The zero-order valence-electron chi connectivity index (χ0n) is 8.59. The van der Waals surface area contributed by atoms with Crippen LogP contribution in [-0.4, -0.2) is 26.2 Å². The first-order chi connectivity index (χ1) is 7.31. The van der Waals surface area contributed by atoms with E-state index < -0.39 is 0 Å². The number of nitrogens with zero attached hydrogens (tertiary/aromatic N) is 3. The molecule has 15 heavy (non-hydrogen) atoms. The molecule has 78 valence electrons. The standard InChI is InChI=1S/C11H13N3O/c1-14-8-9(5-7-15)13-11(14)10-4-2-3-6-12-10/h2-4,6,8,15H,5,7H2,1H3. The lowest BCUT2D eigenvalue weighted by molar-refractivity contribution is 0.298. The summed E-state index contributed by atoms with van der Waals surface area (Å²) < 4.78 is 1.92. The summed E-state index contributed by atoms with van der Waals surface area (Å²) in [7, 11) is 1.93. The number of pyridine rings is 1. The smallest absolute Gasteiger partial charge is 0.158 e. The minimum Gasteiger partial charge on any atom is -0.396 e. The van der Waals surface area contributed by atoms with Crippen molar-refractivity contribution in [3.63, 3.8) is 0 Å². The first-order valence-electron chi connectivity index (χ1n) is 4.86. The highest BCUT2D eigenvalue weighted by atomic mass is 16.3. The molecule has 2 aromatic rings. The molecule has 0 atom stereocenters. The number of hydrogen-bond donors (Lipinski definition) is 1.